The first-order valence-electron chi connectivity index (χ1n) is 10.1. The van der Waals surface area contributed by atoms with Crippen LogP contribution in [-0.2, 0) is 9.59 Å². The Bertz CT molecular complexity index is 1500. The van der Waals surface area contributed by atoms with Crippen LogP contribution in [0.15, 0.2) is 53.6 Å². The number of para-hydroxylation sites is 1. The largest absolute Gasteiger partial charge is 0.496 e. The molecule has 0 saturated carbocycles. The zero-order chi connectivity index (χ0) is 26.1. The highest BCUT2D eigenvalue weighted by molar-refractivity contribution is 8.26. The molecule has 4 rings (SSSR count). The minimum atomic E-state index is -0.746. The van der Waals surface area contributed by atoms with E-state index in [-0.39, 0.29) is 14.9 Å². The van der Waals surface area contributed by atoms with Gasteiger partial charge in [0.1, 0.15) is 17.1 Å². The summed E-state index contributed by atoms with van der Waals surface area (Å²) in [5, 5.41) is 27.3. The maximum atomic E-state index is 12.8. The number of hydrogen-bond acceptors (Lipinski definition) is 10. The van der Waals surface area contributed by atoms with E-state index in [2.05, 4.69) is 5.10 Å². The smallest absolute Gasteiger partial charge is 0.301 e. The van der Waals surface area contributed by atoms with Crippen molar-refractivity contribution in [3.8, 4) is 22.7 Å². The molecule has 2 amide bonds. The molecule has 2 aromatic carbocycles. The number of thiocarbonyl (C=S) groups is 1. The number of carbonyl (C=O) groups excluding carboxylic acids is 2. The summed E-state index contributed by atoms with van der Waals surface area (Å²) in [6.45, 7) is 1.22. The zero-order valence-corrected chi connectivity index (χ0v) is 20.2. The molecule has 0 atom stereocenters. The van der Waals surface area contributed by atoms with Crippen LogP contribution in [0.1, 0.15) is 12.5 Å². The molecule has 12 nitrogen and oxygen atoms in total. The average molecular weight is 526 g/mol. The first-order valence-corrected chi connectivity index (χ1v) is 11.3. The van der Waals surface area contributed by atoms with Crippen LogP contribution in [0.25, 0.3) is 23.0 Å². The molecule has 1 aliphatic heterocycles. The predicted molar refractivity (Wildman–Crippen MR) is 135 cm³/mol. The van der Waals surface area contributed by atoms with Crippen molar-refractivity contribution in [3.63, 3.8) is 0 Å². The number of thioether (sulfide) groups is 1. The lowest BCUT2D eigenvalue weighted by atomic mass is 10.1. The van der Waals surface area contributed by atoms with E-state index in [1.54, 1.807) is 24.3 Å². The number of hydrogen-bond donors (Lipinski definition) is 0. The Morgan fingerprint density at radius 1 is 1.17 bits per heavy atom. The van der Waals surface area contributed by atoms with Crippen LogP contribution >= 0.6 is 24.0 Å². The Hall–Kier alpha value is -4.43. The summed E-state index contributed by atoms with van der Waals surface area (Å²) in [5.74, 6) is -0.674. The Labute approximate surface area is 212 Å². The van der Waals surface area contributed by atoms with Crippen LogP contribution in [0.5, 0.6) is 5.75 Å². The van der Waals surface area contributed by atoms with Gasteiger partial charge in [-0.15, -0.1) is 0 Å². The first kappa shape index (κ1) is 24.7. The van der Waals surface area contributed by atoms with Gasteiger partial charge in [0.15, 0.2) is 4.32 Å². The summed E-state index contributed by atoms with van der Waals surface area (Å²) in [6.07, 6.45) is 2.92. The predicted octanol–water partition coefficient (Wildman–Crippen LogP) is 4.11. The van der Waals surface area contributed by atoms with Crippen molar-refractivity contribution in [1.29, 1.82) is 0 Å². The molecule has 182 valence electrons. The van der Waals surface area contributed by atoms with Crippen molar-refractivity contribution in [2.45, 2.75) is 6.92 Å². The van der Waals surface area contributed by atoms with Crippen LogP contribution in [0.3, 0.4) is 0 Å². The number of aromatic nitrogens is 2. The van der Waals surface area contributed by atoms with Gasteiger partial charge in [0.05, 0.1) is 27.9 Å². The summed E-state index contributed by atoms with van der Waals surface area (Å²) in [4.78, 5) is 47.0. The van der Waals surface area contributed by atoms with E-state index < -0.39 is 33.0 Å². The number of benzene rings is 2. The molecule has 36 heavy (non-hydrogen) atoms. The van der Waals surface area contributed by atoms with Crippen LogP contribution in [-0.4, -0.2) is 47.8 Å². The van der Waals surface area contributed by atoms with E-state index in [4.69, 9.17) is 17.0 Å². The van der Waals surface area contributed by atoms with Gasteiger partial charge in [0.2, 0.25) is 5.91 Å². The van der Waals surface area contributed by atoms with Gasteiger partial charge in [-0.1, -0.05) is 36.1 Å². The van der Waals surface area contributed by atoms with Crippen molar-refractivity contribution >= 4 is 57.6 Å². The third-order valence-corrected chi connectivity index (χ3v) is 6.42. The molecule has 0 aliphatic carbocycles. The van der Waals surface area contributed by atoms with Crippen molar-refractivity contribution in [1.82, 2.24) is 14.7 Å². The molecule has 2 heterocycles. The first-order chi connectivity index (χ1) is 17.1. The van der Waals surface area contributed by atoms with Crippen molar-refractivity contribution in [2.75, 3.05) is 7.11 Å². The molecule has 14 heteroatoms. The standard InChI is InChI=1S/C22H15N5O7S2/c1-12(28)25-21(29)19(36-22(25)35)9-13-11-24(23-20(13)15-5-3-4-6-18(15)34-2)16-8-7-14(26(30)31)10-17(16)27(32)33/h3-11H,1-2H3/b19-9-. The van der Waals surface area contributed by atoms with Gasteiger partial charge in [-0.3, -0.25) is 29.8 Å². The van der Waals surface area contributed by atoms with E-state index in [9.17, 15) is 29.8 Å². The lowest BCUT2D eigenvalue weighted by molar-refractivity contribution is -0.394. The lowest BCUT2D eigenvalue weighted by Crippen LogP contribution is -2.32. The van der Waals surface area contributed by atoms with Crippen molar-refractivity contribution in [2.24, 2.45) is 0 Å². The quantitative estimate of drug-likeness (QED) is 0.199. The Morgan fingerprint density at radius 2 is 1.89 bits per heavy atom. The van der Waals surface area contributed by atoms with Gasteiger partial charge >= 0.3 is 5.69 Å². The molecular weight excluding hydrogens is 510 g/mol. The fraction of sp³-hybridized carbons (Fsp3) is 0.0909. The van der Waals surface area contributed by atoms with Gasteiger partial charge in [-0.25, -0.2) is 9.58 Å². The zero-order valence-electron chi connectivity index (χ0n) is 18.6. The fourth-order valence-electron chi connectivity index (χ4n) is 3.51. The lowest BCUT2D eigenvalue weighted by Gasteiger charge is -2.08. The molecule has 1 aliphatic rings. The van der Waals surface area contributed by atoms with Crippen LogP contribution in [0.4, 0.5) is 11.4 Å². The molecule has 0 radical (unpaired) electrons. The van der Waals surface area contributed by atoms with Crippen LogP contribution in [0.2, 0.25) is 0 Å². The summed E-state index contributed by atoms with van der Waals surface area (Å²) in [5.41, 5.74) is 0.196. The minimum Gasteiger partial charge on any atom is -0.496 e. The van der Waals surface area contributed by atoms with Gasteiger partial charge in [-0.05, 0) is 24.3 Å². The number of rotatable bonds is 6. The summed E-state index contributed by atoms with van der Waals surface area (Å²) in [7, 11) is 1.47. The summed E-state index contributed by atoms with van der Waals surface area (Å²) < 4.78 is 6.71. The van der Waals surface area contributed by atoms with Crippen molar-refractivity contribution in [3.05, 3.63) is 79.4 Å². The van der Waals surface area contributed by atoms with Gasteiger partial charge in [-0.2, -0.15) is 5.10 Å². The second-order valence-corrected chi connectivity index (χ2v) is 8.98. The normalized spacial score (nSPS) is 14.4. The monoisotopic (exact) mass is 525 g/mol. The number of methoxy groups -OCH3 is 1. The van der Waals surface area contributed by atoms with E-state index in [1.165, 1.54) is 37.1 Å². The number of nitrogens with zero attached hydrogens (tertiary/aromatic N) is 5. The van der Waals surface area contributed by atoms with Gasteiger partial charge < -0.3 is 4.74 Å². The number of carbonyl (C=O) groups is 2. The maximum absolute atomic E-state index is 12.8. The van der Waals surface area contributed by atoms with E-state index in [0.717, 1.165) is 28.8 Å². The topological polar surface area (TPSA) is 151 Å². The maximum Gasteiger partial charge on any atom is 0.301 e. The highest BCUT2D eigenvalue weighted by Crippen LogP contribution is 2.38. The van der Waals surface area contributed by atoms with Crippen LogP contribution < -0.4 is 4.74 Å². The second kappa shape index (κ2) is 9.67. The SMILES string of the molecule is COc1ccccc1-c1nn(-c2ccc([N+](=O)[O-])cc2[N+](=O)[O-])cc1/C=C1\SC(=S)N(C(C)=O)C1=O. The molecular formula is C22H15N5O7S2. The van der Waals surface area contributed by atoms with E-state index >= 15 is 0 Å². The summed E-state index contributed by atoms with van der Waals surface area (Å²) >= 11 is 6.08. The third-order valence-electron chi connectivity index (χ3n) is 5.11. The van der Waals surface area contributed by atoms with Gasteiger partial charge in [0.25, 0.3) is 11.6 Å². The van der Waals surface area contributed by atoms with Crippen molar-refractivity contribution < 1.29 is 24.2 Å². The minimum absolute atomic E-state index is 0.0299. The highest BCUT2D eigenvalue weighted by atomic mass is 32.2. The Kier molecular flexibility index (Phi) is 6.63. The molecule has 0 spiro atoms. The molecule has 1 fully saturated rings. The molecule has 3 aromatic rings. The average Bonchev–Trinajstić information content (AvgIpc) is 3.38. The third kappa shape index (κ3) is 4.46. The number of imide groups is 1. The number of nitro groups is 2. The van der Waals surface area contributed by atoms with Gasteiger partial charge in [0, 0.05) is 30.3 Å². The molecule has 0 bridgehead atoms. The van der Waals surface area contributed by atoms with E-state index in [0.29, 0.717) is 22.6 Å². The molecule has 1 aromatic heterocycles. The molecule has 0 N–H and O–H groups in total. The highest BCUT2D eigenvalue weighted by Gasteiger charge is 2.35. The number of ether oxygens (including phenoxy) is 1. The fourth-order valence-corrected chi connectivity index (χ4v) is 4.85. The van der Waals surface area contributed by atoms with E-state index in [1.807, 2.05) is 0 Å². The molecule has 0 unspecified atom stereocenters. The number of non-ortho nitro benzene ring substituents is 1. The Morgan fingerprint density at radius 3 is 2.50 bits per heavy atom. The second-order valence-electron chi connectivity index (χ2n) is 7.30. The van der Waals surface area contributed by atoms with Crippen LogP contribution in [0, 0.1) is 20.2 Å². The number of amides is 2. The number of nitro benzene ring substituents is 2. The summed E-state index contributed by atoms with van der Waals surface area (Å²) in [6, 6.07) is 10.1. The molecule has 1 saturated heterocycles. The Balaban J connectivity index is 1.93.